The predicted molar refractivity (Wildman–Crippen MR) is 113 cm³/mol. The normalized spacial score (nSPS) is 10.7. The Balaban J connectivity index is 1.80. The molecule has 0 spiro atoms. The van der Waals surface area contributed by atoms with Gasteiger partial charge in [-0.05, 0) is 43.3 Å². The number of nitrogens with one attached hydrogen (secondary N) is 1. The number of nitrogens with zero attached hydrogens (tertiary/aromatic N) is 3. The van der Waals surface area contributed by atoms with Crippen LogP contribution in [0.15, 0.2) is 72.8 Å². The van der Waals surface area contributed by atoms with Gasteiger partial charge in [-0.3, -0.25) is 10.1 Å². The molecule has 0 bridgehead atoms. The van der Waals surface area contributed by atoms with Gasteiger partial charge in [0.25, 0.3) is 5.69 Å². The average molecular weight is 386 g/mol. The molecule has 0 atom stereocenters. The number of nitro benzene ring substituents is 1. The topological polar surface area (TPSA) is 90.2 Å². The quantitative estimate of drug-likeness (QED) is 0.355. The minimum atomic E-state index is -0.428. The van der Waals surface area contributed by atoms with Gasteiger partial charge in [-0.1, -0.05) is 24.3 Å². The van der Waals surface area contributed by atoms with Gasteiger partial charge < -0.3 is 10.1 Å². The predicted octanol–water partition coefficient (Wildman–Crippen LogP) is 5.35. The van der Waals surface area contributed by atoms with Crippen molar-refractivity contribution in [3.05, 3.63) is 82.9 Å². The molecule has 0 saturated heterocycles. The van der Waals surface area contributed by atoms with Crippen LogP contribution in [0.4, 0.5) is 17.2 Å². The Labute approximate surface area is 167 Å². The van der Waals surface area contributed by atoms with Crippen LogP contribution in [0.5, 0.6) is 5.75 Å². The molecule has 7 heteroatoms. The zero-order chi connectivity index (χ0) is 20.2. The second-order valence-electron chi connectivity index (χ2n) is 6.27. The lowest BCUT2D eigenvalue weighted by atomic mass is 10.1. The fourth-order valence-corrected chi connectivity index (χ4v) is 3.01. The van der Waals surface area contributed by atoms with Crippen molar-refractivity contribution in [3.8, 4) is 17.1 Å². The molecule has 7 nitrogen and oxygen atoms in total. The zero-order valence-corrected chi connectivity index (χ0v) is 15.7. The number of non-ortho nitro benzene ring substituents is 1. The highest BCUT2D eigenvalue weighted by atomic mass is 16.6. The maximum Gasteiger partial charge on any atom is 0.269 e. The minimum Gasteiger partial charge on any atom is -0.492 e. The molecule has 0 aliphatic heterocycles. The largest absolute Gasteiger partial charge is 0.492 e. The molecule has 0 aliphatic rings. The van der Waals surface area contributed by atoms with Gasteiger partial charge in [0.05, 0.1) is 22.7 Å². The summed E-state index contributed by atoms with van der Waals surface area (Å²) in [6.45, 7) is 2.49. The van der Waals surface area contributed by atoms with Crippen molar-refractivity contribution in [1.29, 1.82) is 0 Å². The molecule has 3 aromatic carbocycles. The van der Waals surface area contributed by atoms with Gasteiger partial charge in [-0.15, -0.1) is 0 Å². The standard InChI is InChI=1S/C22H18N4O3/c1-2-29-20-10-6-5-9-19(20)24-22-17-7-3-4-8-18(17)23-21(25-22)15-11-13-16(14-12-15)26(27)28/h3-14H,2H2,1H3,(H,23,24,25). The Hall–Kier alpha value is -4.00. The summed E-state index contributed by atoms with van der Waals surface area (Å²) in [5.74, 6) is 1.85. The SMILES string of the molecule is CCOc1ccccc1Nc1nc(-c2ccc([N+](=O)[O-])cc2)nc2ccccc12. The second-order valence-corrected chi connectivity index (χ2v) is 6.27. The number of benzene rings is 3. The summed E-state index contributed by atoms with van der Waals surface area (Å²) in [5, 5.41) is 15.1. The van der Waals surface area contributed by atoms with Crippen molar-refractivity contribution in [2.75, 3.05) is 11.9 Å². The van der Waals surface area contributed by atoms with Gasteiger partial charge in [0.1, 0.15) is 11.6 Å². The minimum absolute atomic E-state index is 0.0264. The molecular formula is C22H18N4O3. The van der Waals surface area contributed by atoms with Crippen LogP contribution in [0.3, 0.4) is 0 Å². The Morgan fingerprint density at radius 3 is 2.45 bits per heavy atom. The summed E-state index contributed by atoms with van der Waals surface area (Å²) in [6, 6.07) is 21.6. The third kappa shape index (κ3) is 3.84. The van der Waals surface area contributed by atoms with Crippen LogP contribution in [-0.4, -0.2) is 21.5 Å². The number of ether oxygens (including phenoxy) is 1. The summed E-state index contributed by atoms with van der Waals surface area (Å²) < 4.78 is 5.70. The molecular weight excluding hydrogens is 368 g/mol. The summed E-state index contributed by atoms with van der Waals surface area (Å²) in [7, 11) is 0. The first-order chi connectivity index (χ1) is 14.2. The number of anilines is 2. The van der Waals surface area contributed by atoms with Crippen molar-refractivity contribution in [2.24, 2.45) is 0 Å². The monoisotopic (exact) mass is 386 g/mol. The van der Waals surface area contributed by atoms with Crippen LogP contribution in [0, 0.1) is 10.1 Å². The van der Waals surface area contributed by atoms with E-state index in [0.717, 1.165) is 22.3 Å². The maximum atomic E-state index is 10.9. The van der Waals surface area contributed by atoms with Gasteiger partial charge in [0.15, 0.2) is 5.82 Å². The number of hydrogen-bond donors (Lipinski definition) is 1. The van der Waals surface area contributed by atoms with E-state index in [2.05, 4.69) is 10.3 Å². The third-order valence-electron chi connectivity index (χ3n) is 4.38. The van der Waals surface area contributed by atoms with Crippen LogP contribution in [0.1, 0.15) is 6.92 Å². The van der Waals surface area contributed by atoms with E-state index in [1.807, 2.05) is 55.5 Å². The first-order valence-corrected chi connectivity index (χ1v) is 9.16. The molecule has 0 saturated carbocycles. The molecule has 4 aromatic rings. The lowest BCUT2D eigenvalue weighted by Crippen LogP contribution is -2.02. The lowest BCUT2D eigenvalue weighted by molar-refractivity contribution is -0.384. The lowest BCUT2D eigenvalue weighted by Gasteiger charge is -2.14. The van der Waals surface area contributed by atoms with Crippen LogP contribution < -0.4 is 10.1 Å². The van der Waals surface area contributed by atoms with Gasteiger partial charge in [0.2, 0.25) is 0 Å². The van der Waals surface area contributed by atoms with Crippen LogP contribution >= 0.6 is 0 Å². The average Bonchev–Trinajstić information content (AvgIpc) is 2.75. The molecule has 1 heterocycles. The summed E-state index contributed by atoms with van der Waals surface area (Å²) in [4.78, 5) is 19.8. The van der Waals surface area contributed by atoms with Crippen molar-refractivity contribution in [3.63, 3.8) is 0 Å². The van der Waals surface area contributed by atoms with E-state index in [1.165, 1.54) is 12.1 Å². The van der Waals surface area contributed by atoms with E-state index in [0.29, 0.717) is 23.8 Å². The van der Waals surface area contributed by atoms with Crippen LogP contribution in [0.2, 0.25) is 0 Å². The fourth-order valence-electron chi connectivity index (χ4n) is 3.01. The molecule has 1 aromatic heterocycles. The van der Waals surface area contributed by atoms with E-state index in [4.69, 9.17) is 9.72 Å². The maximum absolute atomic E-state index is 10.9. The summed E-state index contributed by atoms with van der Waals surface area (Å²) >= 11 is 0. The highest BCUT2D eigenvalue weighted by Crippen LogP contribution is 2.31. The third-order valence-corrected chi connectivity index (χ3v) is 4.38. The van der Waals surface area contributed by atoms with E-state index < -0.39 is 4.92 Å². The van der Waals surface area contributed by atoms with Gasteiger partial charge >= 0.3 is 0 Å². The molecule has 0 radical (unpaired) electrons. The molecule has 1 N–H and O–H groups in total. The van der Waals surface area contributed by atoms with E-state index in [-0.39, 0.29) is 5.69 Å². The molecule has 144 valence electrons. The van der Waals surface area contributed by atoms with Crippen molar-refractivity contribution < 1.29 is 9.66 Å². The van der Waals surface area contributed by atoms with E-state index in [1.54, 1.807) is 12.1 Å². The first-order valence-electron chi connectivity index (χ1n) is 9.16. The smallest absolute Gasteiger partial charge is 0.269 e. The van der Waals surface area contributed by atoms with Crippen LogP contribution in [0.25, 0.3) is 22.3 Å². The van der Waals surface area contributed by atoms with Crippen molar-refractivity contribution in [1.82, 2.24) is 9.97 Å². The molecule has 0 amide bonds. The van der Waals surface area contributed by atoms with Gasteiger partial charge in [0, 0.05) is 23.1 Å². The van der Waals surface area contributed by atoms with Crippen molar-refractivity contribution >= 4 is 28.1 Å². The molecule has 4 rings (SSSR count). The number of hydrogen-bond acceptors (Lipinski definition) is 6. The number of aromatic nitrogens is 2. The molecule has 0 unspecified atom stereocenters. The Bertz CT molecular complexity index is 1180. The van der Waals surface area contributed by atoms with Gasteiger partial charge in [-0.2, -0.15) is 0 Å². The van der Waals surface area contributed by atoms with Crippen LogP contribution in [-0.2, 0) is 0 Å². The zero-order valence-electron chi connectivity index (χ0n) is 15.7. The summed E-state index contributed by atoms with van der Waals surface area (Å²) in [5.41, 5.74) is 2.29. The number of rotatable bonds is 6. The Morgan fingerprint density at radius 2 is 1.69 bits per heavy atom. The first kappa shape index (κ1) is 18.4. The fraction of sp³-hybridized carbons (Fsp3) is 0.0909. The highest BCUT2D eigenvalue weighted by molar-refractivity contribution is 5.92. The Morgan fingerprint density at radius 1 is 0.966 bits per heavy atom. The van der Waals surface area contributed by atoms with Crippen molar-refractivity contribution in [2.45, 2.75) is 6.92 Å². The van der Waals surface area contributed by atoms with Gasteiger partial charge in [-0.25, -0.2) is 9.97 Å². The number of fused-ring (bicyclic) bond motifs is 1. The van der Waals surface area contributed by atoms with E-state index >= 15 is 0 Å². The molecule has 29 heavy (non-hydrogen) atoms. The highest BCUT2D eigenvalue weighted by Gasteiger charge is 2.13. The number of para-hydroxylation sites is 3. The Kier molecular flexibility index (Phi) is 5.03. The molecule has 0 fully saturated rings. The second kappa shape index (κ2) is 7.93. The summed E-state index contributed by atoms with van der Waals surface area (Å²) in [6.07, 6.45) is 0. The number of nitro groups is 1. The van der Waals surface area contributed by atoms with E-state index in [9.17, 15) is 10.1 Å². The molecule has 0 aliphatic carbocycles.